The highest BCUT2D eigenvalue weighted by Gasteiger charge is 2.24. The molecule has 1 amide bonds. The highest BCUT2D eigenvalue weighted by molar-refractivity contribution is 7.09. The average molecular weight is 265 g/mol. The molecule has 0 aromatic carbocycles. The van der Waals surface area contributed by atoms with Crippen LogP contribution in [0.5, 0.6) is 0 Å². The van der Waals surface area contributed by atoms with Crippen molar-refractivity contribution in [2.24, 2.45) is 0 Å². The van der Waals surface area contributed by atoms with Gasteiger partial charge in [0.1, 0.15) is 10.8 Å². The van der Waals surface area contributed by atoms with E-state index in [-0.39, 0.29) is 11.9 Å². The van der Waals surface area contributed by atoms with Crippen LogP contribution in [0.2, 0.25) is 0 Å². The molecule has 0 aliphatic rings. The molecule has 2 rings (SSSR count). The number of hydrogen-bond donors (Lipinski definition) is 0. The number of aromatic nitrogens is 2. The Morgan fingerprint density at radius 1 is 1.50 bits per heavy atom. The number of carbonyl (C=O) groups excluding carboxylic acids is 1. The Labute approximate surface area is 109 Å². The van der Waals surface area contributed by atoms with E-state index >= 15 is 0 Å². The van der Waals surface area contributed by atoms with Crippen LogP contribution in [0.3, 0.4) is 0 Å². The summed E-state index contributed by atoms with van der Waals surface area (Å²) in [5, 5.41) is 2.90. The average Bonchev–Trinajstić information content (AvgIpc) is 2.95. The predicted molar refractivity (Wildman–Crippen MR) is 68.6 cm³/mol. The van der Waals surface area contributed by atoms with Crippen molar-refractivity contribution in [2.45, 2.75) is 26.8 Å². The van der Waals surface area contributed by atoms with Crippen LogP contribution in [0, 0.1) is 13.8 Å². The van der Waals surface area contributed by atoms with E-state index in [1.165, 1.54) is 6.39 Å². The van der Waals surface area contributed by atoms with E-state index in [0.29, 0.717) is 11.5 Å². The van der Waals surface area contributed by atoms with E-state index in [4.69, 9.17) is 4.42 Å². The molecule has 0 bridgehead atoms. The minimum atomic E-state index is -0.151. The van der Waals surface area contributed by atoms with E-state index in [1.54, 1.807) is 30.2 Å². The van der Waals surface area contributed by atoms with Crippen molar-refractivity contribution in [2.75, 3.05) is 7.05 Å². The third-order valence-corrected chi connectivity index (χ3v) is 3.98. The van der Waals surface area contributed by atoms with E-state index in [2.05, 4.69) is 9.97 Å². The molecular weight excluding hydrogens is 250 g/mol. The van der Waals surface area contributed by atoms with Gasteiger partial charge in [-0.15, -0.1) is 11.3 Å². The molecule has 0 aliphatic carbocycles. The number of amides is 1. The first kappa shape index (κ1) is 12.8. The smallest absolute Gasteiger partial charge is 0.276 e. The highest BCUT2D eigenvalue weighted by atomic mass is 32.1. The fourth-order valence-electron chi connectivity index (χ4n) is 1.58. The van der Waals surface area contributed by atoms with Crippen molar-refractivity contribution in [1.29, 1.82) is 0 Å². The molecule has 0 radical (unpaired) electrons. The molecule has 2 aromatic rings. The largest absolute Gasteiger partial charge is 0.448 e. The first-order chi connectivity index (χ1) is 8.50. The van der Waals surface area contributed by atoms with Gasteiger partial charge in [-0.25, -0.2) is 9.97 Å². The number of carbonyl (C=O) groups is 1. The molecule has 0 N–H and O–H groups in total. The van der Waals surface area contributed by atoms with Crippen LogP contribution >= 0.6 is 11.3 Å². The van der Waals surface area contributed by atoms with Crippen molar-refractivity contribution in [3.8, 4) is 0 Å². The normalized spacial score (nSPS) is 12.4. The van der Waals surface area contributed by atoms with Gasteiger partial charge in [0.25, 0.3) is 5.91 Å². The summed E-state index contributed by atoms with van der Waals surface area (Å²) < 4.78 is 5.05. The second-order valence-electron chi connectivity index (χ2n) is 4.18. The fraction of sp³-hybridized carbons (Fsp3) is 0.417. The molecule has 6 heteroatoms. The third kappa shape index (κ3) is 2.28. The molecule has 2 heterocycles. The maximum absolute atomic E-state index is 12.2. The quantitative estimate of drug-likeness (QED) is 0.855. The summed E-state index contributed by atoms with van der Waals surface area (Å²) in [7, 11) is 1.75. The Balaban J connectivity index is 2.19. The number of oxazole rings is 1. The fourth-order valence-corrected chi connectivity index (χ4v) is 2.48. The molecule has 2 aromatic heterocycles. The Morgan fingerprint density at radius 3 is 2.72 bits per heavy atom. The van der Waals surface area contributed by atoms with E-state index in [9.17, 15) is 4.79 Å². The summed E-state index contributed by atoms with van der Waals surface area (Å²) in [5.41, 5.74) is 1.33. The molecular formula is C12H15N3O2S. The zero-order valence-corrected chi connectivity index (χ0v) is 11.6. The lowest BCUT2D eigenvalue weighted by atomic mass is 10.2. The number of thiazole rings is 1. The lowest BCUT2D eigenvalue weighted by Gasteiger charge is -2.22. The van der Waals surface area contributed by atoms with Crippen LogP contribution < -0.4 is 0 Å². The molecule has 0 unspecified atom stereocenters. The molecule has 96 valence electrons. The third-order valence-electron chi connectivity index (χ3n) is 2.84. The lowest BCUT2D eigenvalue weighted by molar-refractivity contribution is 0.0735. The van der Waals surface area contributed by atoms with E-state index < -0.39 is 0 Å². The van der Waals surface area contributed by atoms with Gasteiger partial charge in [-0.1, -0.05) is 0 Å². The van der Waals surface area contributed by atoms with Crippen molar-refractivity contribution in [1.82, 2.24) is 14.9 Å². The van der Waals surface area contributed by atoms with E-state index in [0.717, 1.165) is 10.7 Å². The molecule has 0 spiro atoms. The minimum Gasteiger partial charge on any atom is -0.448 e. The van der Waals surface area contributed by atoms with Gasteiger partial charge in [0.05, 0.1) is 6.04 Å². The van der Waals surface area contributed by atoms with E-state index in [1.807, 2.05) is 19.2 Å². The summed E-state index contributed by atoms with van der Waals surface area (Å²) in [6.07, 6.45) is 1.29. The molecule has 0 saturated carbocycles. The Hall–Kier alpha value is -1.69. The highest BCUT2D eigenvalue weighted by Crippen LogP contribution is 2.24. The minimum absolute atomic E-state index is 0.0766. The Bertz CT molecular complexity index is 561. The standard InChI is InChI=1S/C12H15N3O2S/c1-7-5-18-11(14-7)8(2)15(4)12(16)10-9(3)17-6-13-10/h5-6,8H,1-4H3/t8-/m1/s1. The van der Waals surface area contributed by atoms with Gasteiger partial charge in [0.2, 0.25) is 0 Å². The van der Waals surface area contributed by atoms with Gasteiger partial charge in [-0.2, -0.15) is 0 Å². The summed E-state index contributed by atoms with van der Waals surface area (Å²) in [5.74, 6) is 0.385. The Kier molecular flexibility index (Phi) is 3.47. The van der Waals surface area contributed by atoms with Crippen molar-refractivity contribution in [3.05, 3.63) is 33.9 Å². The second-order valence-corrected chi connectivity index (χ2v) is 5.07. The summed E-state index contributed by atoms with van der Waals surface area (Å²) in [6.45, 7) is 5.62. The van der Waals surface area contributed by atoms with Gasteiger partial charge >= 0.3 is 0 Å². The van der Waals surface area contributed by atoms with Crippen LogP contribution in [0.1, 0.15) is 39.9 Å². The van der Waals surface area contributed by atoms with Crippen LogP contribution in [0.15, 0.2) is 16.2 Å². The van der Waals surface area contributed by atoms with Crippen LogP contribution in [0.4, 0.5) is 0 Å². The van der Waals surface area contributed by atoms with Gasteiger partial charge in [0, 0.05) is 18.1 Å². The summed E-state index contributed by atoms with van der Waals surface area (Å²) in [6, 6.07) is -0.0766. The van der Waals surface area contributed by atoms with Gasteiger partial charge in [-0.05, 0) is 20.8 Å². The summed E-state index contributed by atoms with van der Waals surface area (Å²) >= 11 is 1.56. The lowest BCUT2D eigenvalue weighted by Crippen LogP contribution is -2.30. The maximum atomic E-state index is 12.2. The molecule has 0 aliphatic heterocycles. The van der Waals surface area contributed by atoms with Crippen molar-refractivity contribution < 1.29 is 9.21 Å². The second kappa shape index (κ2) is 4.89. The van der Waals surface area contributed by atoms with Crippen LogP contribution in [0.25, 0.3) is 0 Å². The Morgan fingerprint density at radius 2 is 2.22 bits per heavy atom. The van der Waals surface area contributed by atoms with Gasteiger partial charge < -0.3 is 9.32 Å². The maximum Gasteiger partial charge on any atom is 0.276 e. The number of aryl methyl sites for hydroxylation is 2. The predicted octanol–water partition coefficient (Wildman–Crippen LogP) is 2.58. The monoisotopic (exact) mass is 265 g/mol. The van der Waals surface area contributed by atoms with Gasteiger partial charge in [-0.3, -0.25) is 4.79 Å². The number of nitrogens with zero attached hydrogens (tertiary/aromatic N) is 3. The summed E-state index contributed by atoms with van der Waals surface area (Å²) in [4.78, 5) is 22.2. The molecule has 0 fully saturated rings. The molecule has 0 saturated heterocycles. The zero-order chi connectivity index (χ0) is 13.3. The zero-order valence-electron chi connectivity index (χ0n) is 10.8. The first-order valence-electron chi connectivity index (χ1n) is 5.60. The van der Waals surface area contributed by atoms with Crippen molar-refractivity contribution >= 4 is 17.2 Å². The number of hydrogen-bond acceptors (Lipinski definition) is 5. The SMILES string of the molecule is Cc1csc([C@@H](C)N(C)C(=O)c2ncoc2C)n1. The van der Waals surface area contributed by atoms with Gasteiger partial charge in [0.15, 0.2) is 12.1 Å². The number of rotatable bonds is 3. The topological polar surface area (TPSA) is 59.2 Å². The van der Waals surface area contributed by atoms with Crippen LogP contribution in [-0.2, 0) is 0 Å². The molecule has 1 atom stereocenters. The van der Waals surface area contributed by atoms with Crippen molar-refractivity contribution in [3.63, 3.8) is 0 Å². The molecule has 5 nitrogen and oxygen atoms in total. The molecule has 18 heavy (non-hydrogen) atoms. The van der Waals surface area contributed by atoms with Crippen LogP contribution in [-0.4, -0.2) is 27.8 Å². The first-order valence-corrected chi connectivity index (χ1v) is 6.48.